The SMILES string of the molecule is CC(C)(C)CCOCc1ccccc1CNC(C)(C)C. The molecule has 0 aliphatic carbocycles. The van der Waals surface area contributed by atoms with Crippen LogP contribution in [0.2, 0.25) is 0 Å². The average molecular weight is 277 g/mol. The minimum atomic E-state index is 0.139. The lowest BCUT2D eigenvalue weighted by Crippen LogP contribution is -2.35. The minimum Gasteiger partial charge on any atom is -0.377 e. The fourth-order valence-corrected chi connectivity index (χ4v) is 1.79. The summed E-state index contributed by atoms with van der Waals surface area (Å²) in [6, 6.07) is 8.53. The Bertz CT molecular complexity index is 399. The highest BCUT2D eigenvalue weighted by atomic mass is 16.5. The van der Waals surface area contributed by atoms with Crippen LogP contribution in [0.3, 0.4) is 0 Å². The molecule has 0 aliphatic rings. The Balaban J connectivity index is 2.49. The van der Waals surface area contributed by atoms with Crippen LogP contribution in [0.25, 0.3) is 0 Å². The monoisotopic (exact) mass is 277 g/mol. The van der Waals surface area contributed by atoms with E-state index < -0.39 is 0 Å². The van der Waals surface area contributed by atoms with Gasteiger partial charge in [0.2, 0.25) is 0 Å². The number of hydrogen-bond donors (Lipinski definition) is 1. The van der Waals surface area contributed by atoms with Gasteiger partial charge in [0.25, 0.3) is 0 Å². The van der Waals surface area contributed by atoms with Crippen LogP contribution in [0.5, 0.6) is 0 Å². The second-order valence-corrected chi connectivity index (χ2v) is 7.74. The van der Waals surface area contributed by atoms with Gasteiger partial charge in [-0.2, -0.15) is 0 Å². The van der Waals surface area contributed by atoms with Crippen LogP contribution in [0.1, 0.15) is 59.1 Å². The van der Waals surface area contributed by atoms with E-state index in [-0.39, 0.29) is 5.54 Å². The van der Waals surface area contributed by atoms with Crippen LogP contribution in [0.4, 0.5) is 0 Å². The first-order chi connectivity index (χ1) is 9.17. The highest BCUT2D eigenvalue weighted by Gasteiger charge is 2.11. The molecule has 1 aromatic rings. The molecule has 114 valence electrons. The Hall–Kier alpha value is -0.860. The third kappa shape index (κ3) is 7.66. The Morgan fingerprint density at radius 2 is 1.55 bits per heavy atom. The molecule has 0 unspecified atom stereocenters. The van der Waals surface area contributed by atoms with E-state index in [0.717, 1.165) is 19.6 Å². The van der Waals surface area contributed by atoms with E-state index in [1.165, 1.54) is 11.1 Å². The summed E-state index contributed by atoms with van der Waals surface area (Å²) >= 11 is 0. The van der Waals surface area contributed by atoms with Crippen LogP contribution in [-0.2, 0) is 17.9 Å². The van der Waals surface area contributed by atoms with E-state index in [2.05, 4.69) is 71.1 Å². The van der Waals surface area contributed by atoms with Gasteiger partial charge in [0.1, 0.15) is 0 Å². The van der Waals surface area contributed by atoms with Crippen LogP contribution >= 0.6 is 0 Å². The van der Waals surface area contributed by atoms with Gasteiger partial charge in [-0.3, -0.25) is 0 Å². The van der Waals surface area contributed by atoms with Crippen molar-refractivity contribution in [2.75, 3.05) is 6.61 Å². The van der Waals surface area contributed by atoms with Gasteiger partial charge in [-0.15, -0.1) is 0 Å². The summed E-state index contributed by atoms with van der Waals surface area (Å²) < 4.78 is 5.84. The third-order valence-corrected chi connectivity index (χ3v) is 3.18. The molecular weight excluding hydrogens is 246 g/mol. The molecule has 2 nitrogen and oxygen atoms in total. The molecular formula is C18H31NO. The molecule has 0 bridgehead atoms. The summed E-state index contributed by atoms with van der Waals surface area (Å²) in [4.78, 5) is 0. The van der Waals surface area contributed by atoms with Gasteiger partial charge in [-0.1, -0.05) is 45.0 Å². The first-order valence-corrected chi connectivity index (χ1v) is 7.57. The summed E-state index contributed by atoms with van der Waals surface area (Å²) in [7, 11) is 0. The molecule has 0 aliphatic heterocycles. The van der Waals surface area contributed by atoms with Crippen molar-refractivity contribution in [3.05, 3.63) is 35.4 Å². The average Bonchev–Trinajstić information content (AvgIpc) is 2.31. The van der Waals surface area contributed by atoms with E-state index in [1.54, 1.807) is 0 Å². The zero-order valence-electron chi connectivity index (χ0n) is 14.0. The predicted molar refractivity (Wildman–Crippen MR) is 86.8 cm³/mol. The molecule has 0 saturated carbocycles. The summed E-state index contributed by atoms with van der Waals surface area (Å²) in [5.74, 6) is 0. The maximum absolute atomic E-state index is 5.84. The van der Waals surface area contributed by atoms with E-state index in [0.29, 0.717) is 12.0 Å². The molecule has 1 rings (SSSR count). The maximum Gasteiger partial charge on any atom is 0.0720 e. The highest BCUT2D eigenvalue weighted by Crippen LogP contribution is 2.19. The molecule has 0 radical (unpaired) electrons. The topological polar surface area (TPSA) is 21.3 Å². The first-order valence-electron chi connectivity index (χ1n) is 7.57. The summed E-state index contributed by atoms with van der Waals surface area (Å²) in [5.41, 5.74) is 3.10. The zero-order valence-corrected chi connectivity index (χ0v) is 14.0. The Kier molecular flexibility index (Phi) is 6.22. The van der Waals surface area contributed by atoms with Crippen molar-refractivity contribution in [2.45, 2.75) is 66.7 Å². The largest absolute Gasteiger partial charge is 0.377 e. The normalized spacial score (nSPS) is 12.7. The summed E-state index contributed by atoms with van der Waals surface area (Å²) in [5, 5.41) is 3.54. The lowest BCUT2D eigenvalue weighted by atomic mass is 9.93. The molecule has 0 spiro atoms. The predicted octanol–water partition coefficient (Wildman–Crippen LogP) is 4.53. The van der Waals surface area contributed by atoms with Crippen LogP contribution < -0.4 is 5.32 Å². The van der Waals surface area contributed by atoms with Crippen molar-refractivity contribution >= 4 is 0 Å². The quantitative estimate of drug-likeness (QED) is 0.771. The minimum absolute atomic E-state index is 0.139. The molecule has 1 aromatic carbocycles. The number of nitrogens with one attached hydrogen (secondary N) is 1. The van der Waals surface area contributed by atoms with Crippen molar-refractivity contribution in [3.8, 4) is 0 Å². The highest BCUT2D eigenvalue weighted by molar-refractivity contribution is 5.26. The molecule has 2 heteroatoms. The second kappa shape index (κ2) is 7.24. The number of ether oxygens (including phenoxy) is 1. The van der Waals surface area contributed by atoms with E-state index in [9.17, 15) is 0 Å². The van der Waals surface area contributed by atoms with Crippen LogP contribution in [0.15, 0.2) is 24.3 Å². The van der Waals surface area contributed by atoms with Gasteiger partial charge in [0.15, 0.2) is 0 Å². The Morgan fingerprint density at radius 1 is 0.950 bits per heavy atom. The molecule has 20 heavy (non-hydrogen) atoms. The fraction of sp³-hybridized carbons (Fsp3) is 0.667. The summed E-state index contributed by atoms with van der Waals surface area (Å²) in [6.45, 7) is 15.7. The Labute approximate surface area is 124 Å². The van der Waals surface area contributed by atoms with Crippen molar-refractivity contribution in [2.24, 2.45) is 5.41 Å². The lowest BCUT2D eigenvalue weighted by molar-refractivity contribution is 0.0956. The van der Waals surface area contributed by atoms with Gasteiger partial charge in [-0.05, 0) is 43.7 Å². The molecule has 0 saturated heterocycles. The molecule has 0 aromatic heterocycles. The van der Waals surface area contributed by atoms with Gasteiger partial charge in [0.05, 0.1) is 6.61 Å². The van der Waals surface area contributed by atoms with Crippen molar-refractivity contribution in [3.63, 3.8) is 0 Å². The van der Waals surface area contributed by atoms with Crippen LogP contribution in [0, 0.1) is 5.41 Å². The number of hydrogen-bond acceptors (Lipinski definition) is 2. The molecule has 0 heterocycles. The smallest absolute Gasteiger partial charge is 0.0720 e. The molecule has 0 atom stereocenters. The van der Waals surface area contributed by atoms with Gasteiger partial charge in [0, 0.05) is 18.7 Å². The zero-order chi connectivity index (χ0) is 15.2. The van der Waals surface area contributed by atoms with Crippen LogP contribution in [-0.4, -0.2) is 12.1 Å². The molecule has 0 amide bonds. The summed E-state index contributed by atoms with van der Waals surface area (Å²) in [6.07, 6.45) is 1.09. The standard InChI is InChI=1S/C18H31NO/c1-17(2,3)11-12-20-14-16-10-8-7-9-15(16)13-19-18(4,5)6/h7-10,19H,11-14H2,1-6H3. The van der Waals surface area contributed by atoms with Crippen molar-refractivity contribution in [1.29, 1.82) is 0 Å². The van der Waals surface area contributed by atoms with Crippen molar-refractivity contribution < 1.29 is 4.74 Å². The maximum atomic E-state index is 5.84. The molecule has 1 N–H and O–H groups in total. The lowest BCUT2D eigenvalue weighted by Gasteiger charge is -2.22. The fourth-order valence-electron chi connectivity index (χ4n) is 1.79. The number of benzene rings is 1. The van der Waals surface area contributed by atoms with Gasteiger partial charge < -0.3 is 10.1 Å². The van der Waals surface area contributed by atoms with E-state index in [1.807, 2.05) is 0 Å². The van der Waals surface area contributed by atoms with E-state index in [4.69, 9.17) is 4.74 Å². The Morgan fingerprint density at radius 3 is 2.10 bits per heavy atom. The second-order valence-electron chi connectivity index (χ2n) is 7.74. The van der Waals surface area contributed by atoms with Crippen molar-refractivity contribution in [1.82, 2.24) is 5.32 Å². The number of rotatable bonds is 6. The molecule has 0 fully saturated rings. The van der Waals surface area contributed by atoms with E-state index >= 15 is 0 Å². The first kappa shape index (κ1) is 17.2. The van der Waals surface area contributed by atoms with Gasteiger partial charge >= 0.3 is 0 Å². The third-order valence-electron chi connectivity index (χ3n) is 3.18. The van der Waals surface area contributed by atoms with Gasteiger partial charge in [-0.25, -0.2) is 0 Å².